The topological polar surface area (TPSA) is 62.7 Å². The highest BCUT2D eigenvalue weighted by Crippen LogP contribution is 2.32. The Bertz CT molecular complexity index is 668. The first kappa shape index (κ1) is 16.6. The minimum Gasteiger partial charge on any atom is -0.383 e. The van der Waals surface area contributed by atoms with Crippen LogP contribution in [0.4, 0.5) is 0 Å². The fourth-order valence-corrected chi connectivity index (χ4v) is 3.16. The molecule has 1 N–H and O–H groups in total. The summed E-state index contributed by atoms with van der Waals surface area (Å²) >= 11 is 0. The monoisotopic (exact) mass is 326 g/mol. The van der Waals surface area contributed by atoms with Crippen molar-refractivity contribution in [3.8, 4) is 0 Å². The van der Waals surface area contributed by atoms with E-state index in [4.69, 9.17) is 4.74 Å². The van der Waals surface area contributed by atoms with E-state index in [2.05, 4.69) is 4.98 Å². The van der Waals surface area contributed by atoms with E-state index >= 15 is 0 Å². The van der Waals surface area contributed by atoms with Gasteiger partial charge in [-0.25, -0.2) is 0 Å². The number of nitrogens with zero attached hydrogens (tertiary/aromatic N) is 2. The molecule has 1 aliphatic heterocycles. The second-order valence-electron chi connectivity index (χ2n) is 6.10. The van der Waals surface area contributed by atoms with Crippen LogP contribution in [0.25, 0.3) is 0 Å². The molecule has 1 saturated heterocycles. The zero-order chi connectivity index (χ0) is 17.0. The standard InChI is InChI=1S/C19H22N2O3/c1-24-17(15-7-3-2-4-8-15)18(22)21-13-10-19(23,11-14-21)16-9-5-6-12-20-16/h2-9,12,17,23H,10-11,13-14H2,1H3. The molecular weight excluding hydrogens is 304 g/mol. The number of pyridine rings is 1. The summed E-state index contributed by atoms with van der Waals surface area (Å²) in [5, 5.41) is 10.8. The minimum atomic E-state index is -0.965. The van der Waals surface area contributed by atoms with Crippen molar-refractivity contribution in [2.45, 2.75) is 24.5 Å². The van der Waals surface area contributed by atoms with E-state index in [1.54, 1.807) is 18.2 Å². The lowest BCUT2D eigenvalue weighted by Gasteiger charge is -2.38. The van der Waals surface area contributed by atoms with E-state index in [1.807, 2.05) is 48.5 Å². The molecule has 1 aromatic carbocycles. The molecule has 2 heterocycles. The summed E-state index contributed by atoms with van der Waals surface area (Å²) in [7, 11) is 1.55. The van der Waals surface area contributed by atoms with E-state index in [0.29, 0.717) is 31.6 Å². The zero-order valence-corrected chi connectivity index (χ0v) is 13.8. The molecule has 0 radical (unpaired) electrons. The molecule has 126 valence electrons. The Hall–Kier alpha value is -2.24. The molecule has 1 unspecified atom stereocenters. The summed E-state index contributed by atoms with van der Waals surface area (Å²) in [6, 6.07) is 15.0. The average molecular weight is 326 g/mol. The third kappa shape index (κ3) is 3.32. The van der Waals surface area contributed by atoms with Gasteiger partial charge in [-0.1, -0.05) is 36.4 Å². The number of likely N-dealkylation sites (tertiary alicyclic amines) is 1. The van der Waals surface area contributed by atoms with E-state index in [1.165, 1.54) is 0 Å². The first-order chi connectivity index (χ1) is 11.6. The predicted molar refractivity (Wildman–Crippen MR) is 90.1 cm³/mol. The Morgan fingerprint density at radius 2 is 1.83 bits per heavy atom. The molecule has 1 atom stereocenters. The van der Waals surface area contributed by atoms with Crippen LogP contribution in [-0.2, 0) is 15.1 Å². The van der Waals surface area contributed by atoms with E-state index in [9.17, 15) is 9.90 Å². The molecular formula is C19H22N2O3. The van der Waals surface area contributed by atoms with Gasteiger partial charge in [0.1, 0.15) is 5.60 Å². The van der Waals surface area contributed by atoms with Crippen LogP contribution in [0.1, 0.15) is 30.2 Å². The van der Waals surface area contributed by atoms with Crippen LogP contribution in [0.5, 0.6) is 0 Å². The van der Waals surface area contributed by atoms with Gasteiger partial charge in [0.25, 0.3) is 5.91 Å². The fourth-order valence-electron chi connectivity index (χ4n) is 3.16. The maximum Gasteiger partial charge on any atom is 0.256 e. The van der Waals surface area contributed by atoms with E-state index in [-0.39, 0.29) is 5.91 Å². The molecule has 0 bridgehead atoms. The number of carbonyl (C=O) groups is 1. The van der Waals surface area contributed by atoms with Gasteiger partial charge < -0.3 is 14.7 Å². The summed E-state index contributed by atoms with van der Waals surface area (Å²) in [6.45, 7) is 0.969. The molecule has 0 saturated carbocycles. The number of hydrogen-bond acceptors (Lipinski definition) is 4. The van der Waals surface area contributed by atoms with Crippen molar-refractivity contribution >= 4 is 5.91 Å². The summed E-state index contributed by atoms with van der Waals surface area (Å²) < 4.78 is 5.42. The van der Waals surface area contributed by atoms with Gasteiger partial charge in [-0.3, -0.25) is 9.78 Å². The summed E-state index contributed by atoms with van der Waals surface area (Å²) in [5.74, 6) is -0.0632. The number of aromatic nitrogens is 1. The van der Waals surface area contributed by atoms with Crippen molar-refractivity contribution in [1.82, 2.24) is 9.88 Å². The number of hydrogen-bond donors (Lipinski definition) is 1. The van der Waals surface area contributed by atoms with Crippen molar-refractivity contribution in [2.24, 2.45) is 0 Å². The number of ether oxygens (including phenoxy) is 1. The van der Waals surface area contributed by atoms with Crippen LogP contribution < -0.4 is 0 Å². The Morgan fingerprint density at radius 3 is 2.42 bits per heavy atom. The maximum absolute atomic E-state index is 12.8. The summed E-state index contributed by atoms with van der Waals surface area (Å²) in [6.07, 6.45) is 2.02. The minimum absolute atomic E-state index is 0.0632. The first-order valence-electron chi connectivity index (χ1n) is 8.14. The number of benzene rings is 1. The molecule has 0 spiro atoms. The lowest BCUT2D eigenvalue weighted by molar-refractivity contribution is -0.147. The van der Waals surface area contributed by atoms with Crippen LogP contribution in [0.3, 0.4) is 0 Å². The number of amides is 1. The van der Waals surface area contributed by atoms with Crippen molar-refractivity contribution in [3.05, 3.63) is 66.0 Å². The zero-order valence-electron chi connectivity index (χ0n) is 13.8. The molecule has 2 aromatic rings. The third-order valence-electron chi connectivity index (χ3n) is 4.61. The van der Waals surface area contributed by atoms with Crippen molar-refractivity contribution in [1.29, 1.82) is 0 Å². The Kier molecular flexibility index (Phi) is 4.92. The maximum atomic E-state index is 12.8. The third-order valence-corrected chi connectivity index (χ3v) is 4.61. The van der Waals surface area contributed by atoms with Crippen LogP contribution >= 0.6 is 0 Å². The van der Waals surface area contributed by atoms with Gasteiger partial charge in [-0.05, 0) is 30.5 Å². The van der Waals surface area contributed by atoms with Crippen LogP contribution in [0.2, 0.25) is 0 Å². The molecule has 24 heavy (non-hydrogen) atoms. The van der Waals surface area contributed by atoms with Gasteiger partial charge in [0.2, 0.25) is 0 Å². The largest absolute Gasteiger partial charge is 0.383 e. The Labute approximate surface area is 141 Å². The summed E-state index contributed by atoms with van der Waals surface area (Å²) in [4.78, 5) is 18.8. The second-order valence-corrected chi connectivity index (χ2v) is 6.10. The molecule has 3 rings (SSSR count). The molecule has 1 amide bonds. The lowest BCUT2D eigenvalue weighted by Crippen LogP contribution is -2.47. The number of aliphatic hydroxyl groups is 1. The van der Waals surface area contributed by atoms with E-state index in [0.717, 1.165) is 5.56 Å². The van der Waals surface area contributed by atoms with Crippen LogP contribution in [-0.4, -0.2) is 41.1 Å². The van der Waals surface area contributed by atoms with Gasteiger partial charge in [-0.2, -0.15) is 0 Å². The SMILES string of the molecule is COC(C(=O)N1CCC(O)(c2ccccn2)CC1)c1ccccc1. The average Bonchev–Trinajstić information content (AvgIpc) is 2.64. The lowest BCUT2D eigenvalue weighted by atomic mass is 9.87. The molecule has 1 aliphatic rings. The van der Waals surface area contributed by atoms with E-state index < -0.39 is 11.7 Å². The van der Waals surface area contributed by atoms with Gasteiger partial charge in [0.15, 0.2) is 6.10 Å². The van der Waals surface area contributed by atoms with Gasteiger partial charge in [0, 0.05) is 26.4 Å². The van der Waals surface area contributed by atoms with Gasteiger partial charge in [-0.15, -0.1) is 0 Å². The van der Waals surface area contributed by atoms with Crippen molar-refractivity contribution < 1.29 is 14.6 Å². The molecule has 0 aliphatic carbocycles. The van der Waals surface area contributed by atoms with Crippen molar-refractivity contribution in [3.63, 3.8) is 0 Å². The first-order valence-corrected chi connectivity index (χ1v) is 8.14. The fraction of sp³-hybridized carbons (Fsp3) is 0.368. The highest BCUT2D eigenvalue weighted by atomic mass is 16.5. The number of carbonyl (C=O) groups excluding carboxylic acids is 1. The Morgan fingerprint density at radius 1 is 1.17 bits per heavy atom. The van der Waals surface area contributed by atoms with Gasteiger partial charge >= 0.3 is 0 Å². The van der Waals surface area contributed by atoms with Crippen LogP contribution in [0.15, 0.2) is 54.7 Å². The normalized spacial score (nSPS) is 18.2. The molecule has 5 nitrogen and oxygen atoms in total. The molecule has 1 aromatic heterocycles. The number of rotatable bonds is 4. The highest BCUT2D eigenvalue weighted by Gasteiger charge is 2.38. The highest BCUT2D eigenvalue weighted by molar-refractivity contribution is 5.82. The van der Waals surface area contributed by atoms with Crippen molar-refractivity contribution in [2.75, 3.05) is 20.2 Å². The smallest absolute Gasteiger partial charge is 0.256 e. The Balaban J connectivity index is 1.69. The second kappa shape index (κ2) is 7.11. The quantitative estimate of drug-likeness (QED) is 0.936. The number of methoxy groups -OCH3 is 1. The predicted octanol–water partition coefficient (Wildman–Crippen LogP) is 2.28. The van der Waals surface area contributed by atoms with Gasteiger partial charge in [0.05, 0.1) is 5.69 Å². The number of piperidine rings is 1. The summed E-state index contributed by atoms with van der Waals surface area (Å²) in [5.41, 5.74) is 0.548. The van der Waals surface area contributed by atoms with Crippen LogP contribution in [0, 0.1) is 0 Å². The molecule has 5 heteroatoms. The molecule has 1 fully saturated rings.